The summed E-state index contributed by atoms with van der Waals surface area (Å²) in [6.45, 7) is 2.55. The lowest BCUT2D eigenvalue weighted by Gasteiger charge is -2.19. The van der Waals surface area contributed by atoms with E-state index in [4.69, 9.17) is 9.47 Å². The first-order valence-corrected chi connectivity index (χ1v) is 11.1. The van der Waals surface area contributed by atoms with Crippen molar-refractivity contribution in [2.75, 3.05) is 0 Å². The van der Waals surface area contributed by atoms with E-state index in [2.05, 4.69) is 17.4 Å². The van der Waals surface area contributed by atoms with Crippen molar-refractivity contribution in [1.29, 1.82) is 0 Å². The lowest BCUT2D eigenvalue weighted by molar-refractivity contribution is -0.127. The Hall–Kier alpha value is -3.34. The van der Waals surface area contributed by atoms with E-state index in [0.717, 1.165) is 29.7 Å². The Balaban J connectivity index is 1.24. The van der Waals surface area contributed by atoms with E-state index < -0.39 is 6.10 Å². The van der Waals surface area contributed by atoms with Gasteiger partial charge in [-0.3, -0.25) is 4.79 Å². The Morgan fingerprint density at radius 3 is 2.31 bits per heavy atom. The Labute approximate surface area is 188 Å². The Morgan fingerprint density at radius 1 is 0.906 bits per heavy atom. The van der Waals surface area contributed by atoms with Gasteiger partial charge in [0.2, 0.25) is 0 Å². The minimum Gasteiger partial charge on any atom is -0.489 e. The van der Waals surface area contributed by atoms with Crippen molar-refractivity contribution in [3.63, 3.8) is 0 Å². The highest BCUT2D eigenvalue weighted by Gasteiger charge is 2.16. The quantitative estimate of drug-likeness (QED) is 0.520. The van der Waals surface area contributed by atoms with E-state index >= 15 is 0 Å². The van der Waals surface area contributed by atoms with Gasteiger partial charge in [0.05, 0.1) is 0 Å². The smallest absolute Gasteiger partial charge is 0.261 e. The Morgan fingerprint density at radius 2 is 1.56 bits per heavy atom. The van der Waals surface area contributed by atoms with Crippen molar-refractivity contribution >= 4 is 5.91 Å². The fourth-order valence-electron chi connectivity index (χ4n) is 3.82. The molecule has 5 heteroatoms. The summed E-state index contributed by atoms with van der Waals surface area (Å²) in [5.74, 6) is 1.05. The summed E-state index contributed by atoms with van der Waals surface area (Å²) in [5, 5.41) is 2.92. The normalized spacial score (nSPS) is 13.7. The molecule has 0 fully saturated rings. The minimum absolute atomic E-state index is 0.153. The molecule has 0 radical (unpaired) electrons. The van der Waals surface area contributed by atoms with Gasteiger partial charge in [0, 0.05) is 6.54 Å². The highest BCUT2D eigenvalue weighted by Crippen LogP contribution is 2.26. The molecule has 0 heterocycles. The molecule has 3 aromatic rings. The molecule has 0 aromatic heterocycles. The Kier molecular flexibility index (Phi) is 7.05. The number of hydrogen-bond donors (Lipinski definition) is 1. The number of amides is 1. The maximum Gasteiger partial charge on any atom is 0.261 e. The number of ether oxygens (including phenoxy) is 2. The van der Waals surface area contributed by atoms with Crippen LogP contribution in [0, 0.1) is 5.82 Å². The first-order chi connectivity index (χ1) is 15.6. The number of rotatable bonds is 8. The number of nitrogens with one attached hydrogen (secondary N) is 1. The summed E-state index contributed by atoms with van der Waals surface area (Å²) in [7, 11) is 0. The molecule has 1 unspecified atom stereocenters. The van der Waals surface area contributed by atoms with E-state index in [-0.39, 0.29) is 11.7 Å². The lowest BCUT2D eigenvalue weighted by atomic mass is 9.92. The van der Waals surface area contributed by atoms with Crippen LogP contribution in [0.15, 0.2) is 66.7 Å². The molecule has 1 atom stereocenters. The van der Waals surface area contributed by atoms with Gasteiger partial charge < -0.3 is 14.8 Å². The number of carbonyl (C=O) groups is 1. The molecule has 4 rings (SSSR count). The lowest BCUT2D eigenvalue weighted by Crippen LogP contribution is -2.35. The minimum atomic E-state index is -0.574. The molecule has 0 saturated carbocycles. The van der Waals surface area contributed by atoms with Gasteiger partial charge in [-0.25, -0.2) is 4.39 Å². The monoisotopic (exact) mass is 433 g/mol. The van der Waals surface area contributed by atoms with Gasteiger partial charge in [0.25, 0.3) is 5.91 Å². The Bertz CT molecular complexity index is 1050. The standard InChI is InChI=1S/C27H28FNO3/c1-19(32-26-15-10-22-4-2-3-5-23(22)16-26)27(30)29-17-20-8-13-25(14-9-20)31-18-21-6-11-24(28)12-7-21/h6-16,19H,2-5,17-18H2,1H3,(H,29,30). The van der Waals surface area contributed by atoms with Gasteiger partial charge in [-0.1, -0.05) is 30.3 Å². The second-order valence-electron chi connectivity index (χ2n) is 8.17. The number of aryl methyl sites for hydroxylation is 2. The molecule has 1 aliphatic rings. The SMILES string of the molecule is CC(Oc1ccc2c(c1)CCCC2)C(=O)NCc1ccc(OCc2ccc(F)cc2)cc1. The molecule has 32 heavy (non-hydrogen) atoms. The molecule has 3 aromatic carbocycles. The van der Waals surface area contributed by atoms with Crippen LogP contribution in [-0.2, 0) is 30.8 Å². The average molecular weight is 434 g/mol. The van der Waals surface area contributed by atoms with E-state index in [1.165, 1.54) is 36.1 Å². The van der Waals surface area contributed by atoms with Gasteiger partial charge >= 0.3 is 0 Å². The number of benzene rings is 3. The maximum atomic E-state index is 13.0. The van der Waals surface area contributed by atoms with Crippen molar-refractivity contribution < 1.29 is 18.7 Å². The highest BCUT2D eigenvalue weighted by atomic mass is 19.1. The molecule has 1 aliphatic carbocycles. The summed E-state index contributed by atoms with van der Waals surface area (Å²) < 4.78 is 24.6. The first-order valence-electron chi connectivity index (χ1n) is 11.1. The van der Waals surface area contributed by atoms with Crippen LogP contribution in [0.2, 0.25) is 0 Å². The third kappa shape index (κ3) is 5.88. The molecule has 0 bridgehead atoms. The zero-order chi connectivity index (χ0) is 22.3. The fraction of sp³-hybridized carbons (Fsp3) is 0.296. The van der Waals surface area contributed by atoms with Crippen LogP contribution >= 0.6 is 0 Å². The maximum absolute atomic E-state index is 13.0. The van der Waals surface area contributed by atoms with Gasteiger partial charge in [0.15, 0.2) is 6.10 Å². The molecule has 0 saturated heterocycles. The van der Waals surface area contributed by atoms with Crippen molar-refractivity contribution in [1.82, 2.24) is 5.32 Å². The van der Waals surface area contributed by atoms with Crippen LogP contribution < -0.4 is 14.8 Å². The number of halogens is 1. The van der Waals surface area contributed by atoms with Crippen molar-refractivity contribution in [3.05, 3.63) is 94.8 Å². The van der Waals surface area contributed by atoms with Crippen molar-refractivity contribution in [2.45, 2.75) is 51.9 Å². The predicted molar refractivity (Wildman–Crippen MR) is 122 cm³/mol. The van der Waals surface area contributed by atoms with Crippen molar-refractivity contribution in [2.24, 2.45) is 0 Å². The largest absolute Gasteiger partial charge is 0.489 e. The summed E-state index contributed by atoms with van der Waals surface area (Å²) in [6.07, 6.45) is 4.09. The zero-order valence-corrected chi connectivity index (χ0v) is 18.3. The second-order valence-corrected chi connectivity index (χ2v) is 8.17. The third-order valence-electron chi connectivity index (χ3n) is 5.71. The summed E-state index contributed by atoms with van der Waals surface area (Å²) in [4.78, 5) is 12.5. The number of hydrogen-bond acceptors (Lipinski definition) is 3. The molecular formula is C27H28FNO3. The average Bonchev–Trinajstić information content (AvgIpc) is 2.82. The van der Waals surface area contributed by atoms with Crippen LogP contribution in [0.4, 0.5) is 4.39 Å². The molecule has 0 spiro atoms. The number of fused-ring (bicyclic) bond motifs is 1. The predicted octanol–water partition coefficient (Wildman–Crippen LogP) is 5.37. The van der Waals surface area contributed by atoms with E-state index in [9.17, 15) is 9.18 Å². The van der Waals surface area contributed by atoms with E-state index in [1.54, 1.807) is 19.1 Å². The number of carbonyl (C=O) groups excluding carboxylic acids is 1. The van der Waals surface area contributed by atoms with Crippen LogP contribution in [-0.4, -0.2) is 12.0 Å². The van der Waals surface area contributed by atoms with Crippen LogP contribution in [0.3, 0.4) is 0 Å². The first kappa shape index (κ1) is 21.9. The molecular weight excluding hydrogens is 405 g/mol. The van der Waals surface area contributed by atoms with Crippen LogP contribution in [0.1, 0.15) is 42.0 Å². The second kappa shape index (κ2) is 10.3. The molecule has 166 valence electrons. The van der Waals surface area contributed by atoms with Gasteiger partial charge in [-0.15, -0.1) is 0 Å². The topological polar surface area (TPSA) is 47.6 Å². The molecule has 1 N–H and O–H groups in total. The third-order valence-corrected chi connectivity index (χ3v) is 5.71. The summed E-state index contributed by atoms with van der Waals surface area (Å²) >= 11 is 0. The zero-order valence-electron chi connectivity index (χ0n) is 18.3. The van der Waals surface area contributed by atoms with Crippen molar-refractivity contribution in [3.8, 4) is 11.5 Å². The van der Waals surface area contributed by atoms with Crippen LogP contribution in [0.5, 0.6) is 11.5 Å². The van der Waals surface area contributed by atoms with Gasteiger partial charge in [0.1, 0.15) is 23.9 Å². The van der Waals surface area contributed by atoms with E-state index in [1.807, 2.05) is 30.3 Å². The molecule has 0 aliphatic heterocycles. The summed E-state index contributed by atoms with van der Waals surface area (Å²) in [5.41, 5.74) is 4.60. The molecule has 1 amide bonds. The van der Waals surface area contributed by atoms with E-state index in [0.29, 0.717) is 18.9 Å². The van der Waals surface area contributed by atoms with Crippen LogP contribution in [0.25, 0.3) is 0 Å². The summed E-state index contributed by atoms with van der Waals surface area (Å²) in [6, 6.07) is 19.9. The van der Waals surface area contributed by atoms with Gasteiger partial charge in [-0.2, -0.15) is 0 Å². The molecule has 4 nitrogen and oxygen atoms in total. The van der Waals surface area contributed by atoms with Gasteiger partial charge in [-0.05, 0) is 91.3 Å². The fourth-order valence-corrected chi connectivity index (χ4v) is 3.82. The highest BCUT2D eigenvalue weighted by molar-refractivity contribution is 5.80.